The number of furan rings is 1. The number of nitrogens with zero attached hydrogens (tertiary/aromatic N) is 2. The van der Waals surface area contributed by atoms with E-state index in [2.05, 4.69) is 12.4 Å². The van der Waals surface area contributed by atoms with Gasteiger partial charge >= 0.3 is 0 Å². The number of hydrogen-bond acceptors (Lipinski definition) is 5. The molecule has 0 radical (unpaired) electrons. The van der Waals surface area contributed by atoms with Crippen molar-refractivity contribution in [1.29, 1.82) is 0 Å². The fourth-order valence-corrected chi connectivity index (χ4v) is 4.97. The third-order valence-electron chi connectivity index (χ3n) is 6.99. The van der Waals surface area contributed by atoms with E-state index < -0.39 is 5.54 Å². The average molecular weight is 480 g/mol. The molecule has 1 aliphatic heterocycles. The Labute approximate surface area is 207 Å². The Kier molecular flexibility index (Phi) is 7.65. The van der Waals surface area contributed by atoms with Crippen LogP contribution in [0.3, 0.4) is 0 Å². The maximum Gasteiger partial charge on any atom is 0.271 e. The monoisotopic (exact) mass is 479 g/mol. The maximum atomic E-state index is 13.2. The van der Waals surface area contributed by atoms with Gasteiger partial charge in [0.15, 0.2) is 5.58 Å². The number of carbonyl (C=O) groups is 2. The first-order valence-corrected chi connectivity index (χ1v) is 12.6. The number of ether oxygens (including phenoxy) is 1. The van der Waals surface area contributed by atoms with Crippen LogP contribution >= 0.6 is 0 Å². The molecule has 5 rings (SSSR count). The molecule has 35 heavy (non-hydrogen) atoms. The fourth-order valence-electron chi connectivity index (χ4n) is 4.97. The van der Waals surface area contributed by atoms with Crippen LogP contribution in [0.25, 0.3) is 11.1 Å². The molecule has 0 spiro atoms. The van der Waals surface area contributed by atoms with Crippen molar-refractivity contribution in [3.05, 3.63) is 53.9 Å². The van der Waals surface area contributed by atoms with Gasteiger partial charge in [0.05, 0.1) is 24.4 Å². The number of carbonyl (C=O) groups excluding carboxylic acids is 2. The molecular weight excluding hydrogens is 442 g/mol. The van der Waals surface area contributed by atoms with E-state index in [4.69, 9.17) is 9.15 Å². The maximum absolute atomic E-state index is 13.2. The van der Waals surface area contributed by atoms with E-state index in [1.165, 1.54) is 32.1 Å². The van der Waals surface area contributed by atoms with Gasteiger partial charge in [0.2, 0.25) is 0 Å². The van der Waals surface area contributed by atoms with Crippen LogP contribution in [0, 0.1) is 0 Å². The number of nitrogens with one attached hydrogen (secondary N) is 1. The van der Waals surface area contributed by atoms with Crippen LogP contribution in [-0.4, -0.2) is 46.4 Å². The van der Waals surface area contributed by atoms with Crippen LogP contribution in [0.4, 0.5) is 0 Å². The van der Waals surface area contributed by atoms with Crippen LogP contribution in [0.15, 0.2) is 47.1 Å². The minimum absolute atomic E-state index is 0.101. The second-order valence-electron chi connectivity index (χ2n) is 10.1. The molecule has 1 N–H and O–H groups in total. The lowest BCUT2D eigenvalue weighted by Gasteiger charge is -2.41. The lowest BCUT2D eigenvalue weighted by atomic mass is 9.96. The van der Waals surface area contributed by atoms with Gasteiger partial charge in [-0.25, -0.2) is 0 Å². The summed E-state index contributed by atoms with van der Waals surface area (Å²) in [6.45, 7) is 6.49. The van der Waals surface area contributed by atoms with Crippen molar-refractivity contribution >= 4 is 23.3 Å². The molecule has 1 aromatic carbocycles. The fraction of sp³-hybridized carbons (Fsp3) is 0.500. The Bertz CT molecular complexity index is 1140. The molecule has 7 heteroatoms. The molecule has 1 unspecified atom stereocenters. The highest BCUT2D eigenvalue weighted by molar-refractivity contribution is 6.00. The van der Waals surface area contributed by atoms with Gasteiger partial charge in [-0.3, -0.25) is 4.79 Å². The molecule has 1 aliphatic carbocycles. The van der Waals surface area contributed by atoms with Gasteiger partial charge in [-0.05, 0) is 58.4 Å². The minimum Gasteiger partial charge on any atom is -0.491 e. The Morgan fingerprint density at radius 2 is 1.89 bits per heavy atom. The smallest absolute Gasteiger partial charge is 0.271 e. The van der Waals surface area contributed by atoms with Gasteiger partial charge in [-0.1, -0.05) is 31.4 Å². The first-order chi connectivity index (χ1) is 16.8. The molecule has 0 saturated heterocycles. The highest BCUT2D eigenvalue weighted by atomic mass is 16.5. The topological polar surface area (TPSA) is 76.7 Å². The third kappa shape index (κ3) is 5.45. The molecule has 2 aliphatic rings. The molecule has 2 aromatic heterocycles. The normalized spacial score (nSPS) is 20.5. The lowest BCUT2D eigenvalue weighted by molar-refractivity contribution is -0.118. The van der Waals surface area contributed by atoms with Crippen molar-refractivity contribution < 1.29 is 18.7 Å². The summed E-state index contributed by atoms with van der Waals surface area (Å²) < 4.78 is 13.0. The van der Waals surface area contributed by atoms with Crippen LogP contribution in [0.5, 0.6) is 5.75 Å². The molecular formula is C28H37N3O4. The molecule has 7 nitrogen and oxygen atoms in total. The first-order valence-electron chi connectivity index (χ1n) is 12.6. The van der Waals surface area contributed by atoms with Crippen molar-refractivity contribution in [2.75, 3.05) is 7.05 Å². The van der Waals surface area contributed by atoms with Crippen molar-refractivity contribution in [2.45, 2.75) is 83.6 Å². The number of amides is 1. The molecule has 3 heterocycles. The summed E-state index contributed by atoms with van der Waals surface area (Å²) in [6, 6.07) is 12.0. The van der Waals surface area contributed by atoms with E-state index in [0.29, 0.717) is 24.4 Å². The van der Waals surface area contributed by atoms with Crippen LogP contribution in [-0.2, 0) is 17.9 Å². The summed E-state index contributed by atoms with van der Waals surface area (Å²) in [6.07, 6.45) is 9.68. The molecule has 188 valence electrons. The molecule has 1 atom stereocenters. The van der Waals surface area contributed by atoms with Gasteiger partial charge < -0.3 is 28.7 Å². The minimum atomic E-state index is -0.930. The van der Waals surface area contributed by atoms with E-state index in [9.17, 15) is 9.59 Å². The predicted molar refractivity (Wildman–Crippen MR) is 137 cm³/mol. The highest BCUT2D eigenvalue weighted by Gasteiger charge is 2.42. The summed E-state index contributed by atoms with van der Waals surface area (Å²) in [5.41, 5.74) is 2.05. The van der Waals surface area contributed by atoms with Gasteiger partial charge in [0.1, 0.15) is 23.3 Å². The van der Waals surface area contributed by atoms with E-state index in [0.717, 1.165) is 29.2 Å². The van der Waals surface area contributed by atoms with Gasteiger partial charge in [-0.2, -0.15) is 0 Å². The van der Waals surface area contributed by atoms with Gasteiger partial charge in [0.25, 0.3) is 5.91 Å². The summed E-state index contributed by atoms with van der Waals surface area (Å²) >= 11 is 0. The zero-order valence-electron chi connectivity index (χ0n) is 21.3. The van der Waals surface area contributed by atoms with Crippen molar-refractivity contribution in [2.24, 2.45) is 0 Å². The van der Waals surface area contributed by atoms with Crippen molar-refractivity contribution in [1.82, 2.24) is 14.8 Å². The molecule has 1 amide bonds. The summed E-state index contributed by atoms with van der Waals surface area (Å²) in [5, 5.41) is 3.30. The summed E-state index contributed by atoms with van der Waals surface area (Å²) in [7, 11) is 2.07. The molecule has 1 fully saturated rings. The first kappa shape index (κ1) is 25.0. The predicted octanol–water partition coefficient (Wildman–Crippen LogP) is 5.17. The van der Waals surface area contributed by atoms with Crippen LogP contribution in [0.1, 0.15) is 68.9 Å². The largest absolute Gasteiger partial charge is 0.491 e. The van der Waals surface area contributed by atoms with Crippen LogP contribution < -0.4 is 10.1 Å². The summed E-state index contributed by atoms with van der Waals surface area (Å²) in [5.74, 6) is 0.607. The van der Waals surface area contributed by atoms with Crippen LogP contribution in [0.2, 0.25) is 0 Å². The quantitative estimate of drug-likeness (QED) is 0.494. The van der Waals surface area contributed by atoms with Crippen molar-refractivity contribution in [3.63, 3.8) is 0 Å². The van der Waals surface area contributed by atoms with E-state index in [1.807, 2.05) is 48.7 Å². The molecule has 1 saturated carbocycles. The molecule has 0 bridgehead atoms. The van der Waals surface area contributed by atoms with E-state index in [-0.39, 0.29) is 12.0 Å². The SMILES string of the molecule is CC(C)Oc1ccc(CN2C(=O)c3cc4occc4n3CC2(C)C=O)cc1.CNC1CCCCC1. The Morgan fingerprint density at radius 1 is 1.17 bits per heavy atom. The number of hydrogen-bond donors (Lipinski definition) is 1. The van der Waals surface area contributed by atoms with Gasteiger partial charge in [0, 0.05) is 24.7 Å². The number of benzene rings is 1. The summed E-state index contributed by atoms with van der Waals surface area (Å²) in [4.78, 5) is 26.7. The third-order valence-corrected chi connectivity index (χ3v) is 6.99. The van der Waals surface area contributed by atoms with Crippen molar-refractivity contribution in [3.8, 4) is 5.75 Å². The Morgan fingerprint density at radius 3 is 2.49 bits per heavy atom. The second-order valence-corrected chi connectivity index (χ2v) is 10.1. The van der Waals surface area contributed by atoms with Gasteiger partial charge in [-0.15, -0.1) is 0 Å². The van der Waals surface area contributed by atoms with E-state index >= 15 is 0 Å². The average Bonchev–Trinajstić information content (AvgIpc) is 3.46. The lowest BCUT2D eigenvalue weighted by Crippen LogP contribution is -2.57. The number of rotatable bonds is 6. The molecule has 3 aromatic rings. The zero-order valence-corrected chi connectivity index (χ0v) is 21.3. The standard InChI is InChI=1S/C21H22N2O4.C7H15N/c1-14(2)27-16-6-4-15(5-7-16)11-23-20(25)18-10-19-17(8-9-26-19)22(18)12-21(23,3)13-24;1-8-7-5-3-2-4-6-7/h4-10,13-14H,11-12H2,1-3H3;7-8H,2-6H2,1H3. The highest BCUT2D eigenvalue weighted by Crippen LogP contribution is 2.32. The zero-order chi connectivity index (χ0) is 25.0. The number of fused-ring (bicyclic) bond motifs is 3. The number of aromatic nitrogens is 1. The Balaban J connectivity index is 0.000000308. The number of aldehydes is 1. The Hall–Kier alpha value is -3.06. The van der Waals surface area contributed by atoms with E-state index in [1.54, 1.807) is 24.2 Å². The second kappa shape index (κ2) is 10.7.